The monoisotopic (exact) mass is 588 g/mol. The molecule has 41 heavy (non-hydrogen) atoms. The van der Waals surface area contributed by atoms with Gasteiger partial charge in [0.05, 0.1) is 25.9 Å². The zero-order valence-corrected chi connectivity index (χ0v) is 20.7. The third-order valence-corrected chi connectivity index (χ3v) is 6.61. The van der Waals surface area contributed by atoms with Crippen LogP contribution in [0.4, 0.5) is 20.4 Å². The molecule has 21 heteroatoms. The number of anilines is 2. The maximum atomic E-state index is 13.8. The number of nitrogens with one attached hydrogen (secondary N) is 2. The van der Waals surface area contributed by atoms with E-state index in [1.165, 1.54) is 10.9 Å². The van der Waals surface area contributed by atoms with E-state index in [4.69, 9.17) is 31.2 Å². The van der Waals surface area contributed by atoms with Gasteiger partial charge in [0.15, 0.2) is 35.1 Å². The number of carbonyl (C=O) groups excluding carboxylic acids is 1. The van der Waals surface area contributed by atoms with Crippen LogP contribution in [0, 0.1) is 6.08 Å². The van der Waals surface area contributed by atoms with E-state index in [1.807, 2.05) is 5.32 Å². The van der Waals surface area contributed by atoms with Gasteiger partial charge in [0.25, 0.3) is 5.91 Å². The summed E-state index contributed by atoms with van der Waals surface area (Å²) in [6.07, 6.45) is -8.12. The molecular weight excluding hydrogens is 562 g/mol. The first-order chi connectivity index (χ1) is 19.4. The number of aliphatic hydroxyl groups excluding tert-OH is 6. The van der Waals surface area contributed by atoms with Crippen LogP contribution in [0.3, 0.4) is 0 Å². The second kappa shape index (κ2) is 10.6. The molecule has 1 amide bonds. The Kier molecular flexibility index (Phi) is 7.47. The Morgan fingerprint density at radius 1 is 0.927 bits per heavy atom. The van der Waals surface area contributed by atoms with Crippen molar-refractivity contribution in [2.24, 2.45) is 5.73 Å². The number of hydrogen-bond acceptors (Lipinski definition) is 16. The molecule has 0 bridgehead atoms. The third kappa shape index (κ3) is 5.02. The van der Waals surface area contributed by atoms with Gasteiger partial charge < -0.3 is 51.2 Å². The number of nitrogen functional groups attached to an aromatic ring is 1. The van der Waals surface area contributed by atoms with Crippen LogP contribution >= 0.6 is 0 Å². The average Bonchev–Trinajstić information content (AvgIpc) is 3.65. The number of imidazole rings is 2. The van der Waals surface area contributed by atoms with E-state index in [9.17, 15) is 34.0 Å². The summed E-state index contributed by atoms with van der Waals surface area (Å²) in [5.74, 6) is -1.07. The summed E-state index contributed by atoms with van der Waals surface area (Å²) >= 11 is 0. The van der Waals surface area contributed by atoms with Crippen molar-refractivity contribution in [2.45, 2.75) is 55.1 Å². The normalized spacial score (nSPS) is 34.6. The van der Waals surface area contributed by atoms with Crippen molar-refractivity contribution in [2.75, 3.05) is 24.3 Å². The van der Waals surface area contributed by atoms with Crippen molar-refractivity contribution in [1.29, 1.82) is 0 Å². The Labute approximate surface area is 227 Å². The van der Waals surface area contributed by atoms with E-state index in [-0.39, 0.29) is 28.5 Å². The minimum absolute atomic E-state index is 0.0323. The molecule has 2 fully saturated rings. The number of aromatic nitrogens is 6. The molecule has 0 aromatic carbocycles. The molecule has 1 unspecified atom stereocenters. The molecule has 3 aliphatic heterocycles. The number of rotatable bonds is 4. The standard InChI is InChI=1S/C10H14FN5O5.C10H12FN5O4/c11-10(12)14-7-4(8(20)15-10)13-2-16(7)9-6(19)5(18)3(1-17)21-9;11-10-14-7(12)4-8(15-10)16(2-13-4)9-6(19)5(18)3(1-17)20-9/h2-3,5-6,9,14,17-19H,1,12H2,(H,15,20);2-3,5-6,9,17-19H,1H2,(H2,12,14,15)/t3-,5-,6-,9-,10?;3-,5-,6-,9-/m11/s1. The lowest BCUT2D eigenvalue weighted by Gasteiger charge is -2.29. The predicted molar refractivity (Wildman–Crippen MR) is 127 cm³/mol. The second-order valence-corrected chi connectivity index (χ2v) is 9.30. The van der Waals surface area contributed by atoms with E-state index in [0.29, 0.717) is 0 Å². The van der Waals surface area contributed by atoms with E-state index in [2.05, 4.69) is 25.3 Å². The van der Waals surface area contributed by atoms with Crippen LogP contribution in [0.5, 0.6) is 0 Å². The summed E-state index contributed by atoms with van der Waals surface area (Å²) in [6.45, 7) is -0.976. The van der Waals surface area contributed by atoms with Crippen LogP contribution in [0.2, 0.25) is 0 Å². The van der Waals surface area contributed by atoms with E-state index < -0.39 is 80.3 Å². The molecule has 2 saturated heterocycles. The van der Waals surface area contributed by atoms with Gasteiger partial charge in [0.1, 0.15) is 42.4 Å². The lowest BCUT2D eigenvalue weighted by atomic mass is 10.1. The number of nitrogens with two attached hydrogens (primary N) is 2. The Bertz CT molecular complexity index is 1440. The fourth-order valence-electron chi connectivity index (χ4n) is 4.59. The molecule has 224 valence electrons. The second-order valence-electron chi connectivity index (χ2n) is 9.30. The van der Waals surface area contributed by atoms with Crippen molar-refractivity contribution in [3.63, 3.8) is 0 Å². The van der Waals surface area contributed by atoms with Crippen LogP contribution < -0.4 is 22.1 Å². The number of hydrogen-bond donors (Lipinski definition) is 10. The van der Waals surface area contributed by atoms with Crippen molar-refractivity contribution >= 4 is 28.7 Å². The van der Waals surface area contributed by atoms with Crippen LogP contribution in [-0.4, -0.2) is 121 Å². The largest absolute Gasteiger partial charge is 0.394 e. The molecule has 3 aliphatic rings. The molecule has 3 aromatic heterocycles. The van der Waals surface area contributed by atoms with Crippen molar-refractivity contribution in [3.05, 3.63) is 24.4 Å². The Balaban J connectivity index is 0.000000165. The van der Waals surface area contributed by atoms with E-state index in [1.54, 1.807) is 0 Å². The van der Waals surface area contributed by atoms with Crippen LogP contribution in [0.15, 0.2) is 12.7 Å². The molecule has 12 N–H and O–H groups in total. The highest BCUT2D eigenvalue weighted by Gasteiger charge is 2.47. The molecule has 0 spiro atoms. The minimum Gasteiger partial charge on any atom is -0.394 e. The molecule has 6 heterocycles. The van der Waals surface area contributed by atoms with Crippen LogP contribution in [0.25, 0.3) is 11.2 Å². The Morgan fingerprint density at radius 2 is 1.49 bits per heavy atom. The quantitative estimate of drug-likeness (QED) is 0.101. The highest BCUT2D eigenvalue weighted by molar-refractivity contribution is 5.99. The number of fused-ring (bicyclic) bond motifs is 2. The summed E-state index contributed by atoms with van der Waals surface area (Å²) in [5.41, 5.74) is 10.8. The van der Waals surface area contributed by atoms with Gasteiger partial charge in [-0.1, -0.05) is 0 Å². The van der Waals surface area contributed by atoms with Crippen molar-refractivity contribution in [1.82, 2.24) is 34.4 Å². The first-order valence-corrected chi connectivity index (χ1v) is 11.9. The predicted octanol–water partition coefficient (Wildman–Crippen LogP) is -4.65. The summed E-state index contributed by atoms with van der Waals surface area (Å²) < 4.78 is 40.0. The topological polar surface area (TPSA) is 294 Å². The first kappa shape index (κ1) is 28.8. The van der Waals surface area contributed by atoms with Gasteiger partial charge in [0.2, 0.25) is 0 Å². The number of halogens is 2. The van der Waals surface area contributed by atoms with Gasteiger partial charge in [-0.25, -0.2) is 9.97 Å². The smallest absolute Gasteiger partial charge is 0.318 e. The highest BCUT2D eigenvalue weighted by Crippen LogP contribution is 2.35. The van der Waals surface area contributed by atoms with Gasteiger partial charge in [-0.05, 0) is 0 Å². The average molecular weight is 588 g/mol. The molecule has 0 aliphatic carbocycles. The zero-order chi connectivity index (χ0) is 29.8. The summed E-state index contributed by atoms with van der Waals surface area (Å²) in [4.78, 5) is 26.3. The van der Waals surface area contributed by atoms with Gasteiger partial charge in [-0.2, -0.15) is 18.7 Å². The molecule has 0 radical (unpaired) electrons. The fourth-order valence-corrected chi connectivity index (χ4v) is 4.59. The number of ether oxygens (including phenoxy) is 2. The molecule has 3 aromatic rings. The van der Waals surface area contributed by atoms with Gasteiger partial charge >= 0.3 is 12.1 Å². The Hall–Kier alpha value is -3.67. The summed E-state index contributed by atoms with van der Waals surface area (Å²) in [5, 5.41) is 61.4. The van der Waals surface area contributed by atoms with Gasteiger partial charge in [-0.15, -0.1) is 0 Å². The maximum absolute atomic E-state index is 13.8. The zero-order valence-electron chi connectivity index (χ0n) is 20.7. The first-order valence-electron chi connectivity index (χ1n) is 11.9. The van der Waals surface area contributed by atoms with Gasteiger partial charge in [0, 0.05) is 0 Å². The SMILES string of the molecule is NC1(F)NC(=O)c2ncn([C@@H]3O[C@H](CO)[C@@H](O)[C@H]3O)c2N1.Nc1nc(F)nc2c1ncn2[C@@H]1O[C@H](CO)[C@@H](O)[C@H]1O. The van der Waals surface area contributed by atoms with Crippen molar-refractivity contribution in [3.8, 4) is 0 Å². The highest BCUT2D eigenvalue weighted by atomic mass is 19.2. The minimum atomic E-state index is -2.68. The van der Waals surface area contributed by atoms with Gasteiger partial charge in [-0.3, -0.25) is 25.0 Å². The fraction of sp³-hybridized carbons (Fsp3) is 0.550. The number of amides is 1. The number of aliphatic hydroxyl groups is 6. The molecule has 0 saturated carbocycles. The molecule has 19 nitrogen and oxygen atoms in total. The number of alkyl halides is 1. The van der Waals surface area contributed by atoms with Crippen molar-refractivity contribution < 1.29 is 53.7 Å². The Morgan fingerprint density at radius 3 is 2.05 bits per heavy atom. The lowest BCUT2D eigenvalue weighted by Crippen LogP contribution is -2.61. The maximum Gasteiger partial charge on any atom is 0.318 e. The molecule has 6 rings (SSSR count). The molecule has 9 atom stereocenters. The summed E-state index contributed by atoms with van der Waals surface area (Å²) in [7, 11) is 0. The van der Waals surface area contributed by atoms with E-state index in [0.717, 1.165) is 10.9 Å². The third-order valence-electron chi connectivity index (χ3n) is 6.61. The molecular formula is C20H26F2N10O9. The lowest BCUT2D eigenvalue weighted by molar-refractivity contribution is -0.0522. The van der Waals surface area contributed by atoms with Crippen LogP contribution in [0.1, 0.15) is 22.9 Å². The van der Waals surface area contributed by atoms with Crippen LogP contribution in [-0.2, 0) is 9.47 Å². The van der Waals surface area contributed by atoms with E-state index >= 15 is 0 Å². The number of carbonyl (C=O) groups is 1. The number of nitrogens with zero attached hydrogens (tertiary/aromatic N) is 6. The summed E-state index contributed by atoms with van der Waals surface area (Å²) in [6, 6.07) is -2.68.